The Morgan fingerprint density at radius 3 is 2.71 bits per heavy atom. The Bertz CT molecular complexity index is 1560. The zero-order valence-corrected chi connectivity index (χ0v) is 18.9. The maximum Gasteiger partial charge on any atom is 0.146 e. The predicted molar refractivity (Wildman–Crippen MR) is 131 cm³/mol. The van der Waals surface area contributed by atoms with E-state index in [9.17, 15) is 4.39 Å². The molecule has 0 unspecified atom stereocenters. The molecule has 166 valence electrons. The lowest BCUT2D eigenvalue weighted by Gasteiger charge is -2.11. The van der Waals surface area contributed by atoms with Crippen LogP contribution in [0.15, 0.2) is 67.3 Å². The van der Waals surface area contributed by atoms with E-state index in [0.29, 0.717) is 39.5 Å². The van der Waals surface area contributed by atoms with E-state index in [2.05, 4.69) is 37.1 Å². The number of ether oxygens (including phenoxy) is 1. The molecule has 0 radical (unpaired) electrons. The molecule has 3 heterocycles. The Morgan fingerprint density at radius 1 is 1.00 bits per heavy atom. The van der Waals surface area contributed by atoms with E-state index in [1.165, 1.54) is 42.2 Å². The summed E-state index contributed by atoms with van der Waals surface area (Å²) in [5.41, 5.74) is 6.77. The van der Waals surface area contributed by atoms with Crippen LogP contribution in [0, 0.1) is 17.7 Å². The summed E-state index contributed by atoms with van der Waals surface area (Å²) >= 11 is 7.83. The van der Waals surface area contributed by atoms with Gasteiger partial charge in [-0.2, -0.15) is 0 Å². The molecule has 0 aliphatic carbocycles. The number of fused-ring (bicyclic) bond motifs is 1. The van der Waals surface area contributed by atoms with Crippen molar-refractivity contribution >= 4 is 50.5 Å². The number of aromatic nitrogens is 4. The smallest absolute Gasteiger partial charge is 0.146 e. The number of nitrogens with zero attached hydrogens (tertiary/aromatic N) is 4. The number of rotatable bonds is 4. The van der Waals surface area contributed by atoms with Crippen LogP contribution < -0.4 is 15.8 Å². The van der Waals surface area contributed by atoms with E-state index >= 15 is 0 Å². The highest BCUT2D eigenvalue weighted by Crippen LogP contribution is 2.34. The number of hydrogen-bond acceptors (Lipinski definition) is 8. The van der Waals surface area contributed by atoms with Crippen LogP contribution in [0.3, 0.4) is 0 Å². The van der Waals surface area contributed by atoms with Gasteiger partial charge in [-0.25, -0.2) is 24.3 Å². The number of benzene rings is 2. The van der Waals surface area contributed by atoms with E-state index in [4.69, 9.17) is 22.1 Å². The van der Waals surface area contributed by atoms with Crippen molar-refractivity contribution in [2.75, 3.05) is 11.1 Å². The van der Waals surface area contributed by atoms with Crippen molar-refractivity contribution in [3.63, 3.8) is 0 Å². The monoisotopic (exact) mass is 488 g/mol. The van der Waals surface area contributed by atoms with Crippen LogP contribution in [0.4, 0.5) is 21.7 Å². The molecule has 10 heteroatoms. The quantitative estimate of drug-likeness (QED) is 0.309. The molecule has 3 N–H and O–H groups in total. The summed E-state index contributed by atoms with van der Waals surface area (Å²) in [4.78, 5) is 18.4. The standard InChI is InChI=1S/C24H14ClFN6OS/c25-20-9-15(5-7-21(20)33-17-3-1-2-14(26)8-17)32-23-19-10-18(34-24(19)31-13-30-23)6-4-16-11-29-22(27)12-28-16/h1-3,5,7-13H,(H2,27,29)(H,30,31,32). The Morgan fingerprint density at radius 2 is 1.91 bits per heavy atom. The van der Waals surface area contributed by atoms with Crippen molar-refractivity contribution in [1.29, 1.82) is 0 Å². The van der Waals surface area contributed by atoms with E-state index in [1.54, 1.807) is 30.3 Å². The average molecular weight is 489 g/mol. The Kier molecular flexibility index (Phi) is 5.91. The molecular weight excluding hydrogens is 475 g/mol. The second-order valence-electron chi connectivity index (χ2n) is 6.96. The molecule has 0 atom stereocenters. The molecule has 0 bridgehead atoms. The molecule has 0 spiro atoms. The zero-order chi connectivity index (χ0) is 23.5. The molecule has 0 aliphatic heterocycles. The lowest BCUT2D eigenvalue weighted by Crippen LogP contribution is -1.95. The summed E-state index contributed by atoms with van der Waals surface area (Å²) in [6, 6.07) is 13.0. The Balaban J connectivity index is 1.37. The first-order valence-electron chi connectivity index (χ1n) is 9.87. The number of anilines is 3. The van der Waals surface area contributed by atoms with Crippen molar-refractivity contribution in [2.45, 2.75) is 0 Å². The van der Waals surface area contributed by atoms with Crippen LogP contribution in [-0.4, -0.2) is 19.9 Å². The minimum absolute atomic E-state index is 0.340. The second kappa shape index (κ2) is 9.31. The van der Waals surface area contributed by atoms with Crippen molar-refractivity contribution in [1.82, 2.24) is 19.9 Å². The lowest BCUT2D eigenvalue weighted by molar-refractivity contribution is 0.477. The molecule has 5 aromatic rings. The zero-order valence-electron chi connectivity index (χ0n) is 17.3. The normalized spacial score (nSPS) is 10.5. The van der Waals surface area contributed by atoms with Crippen LogP contribution in [-0.2, 0) is 0 Å². The van der Waals surface area contributed by atoms with Crippen LogP contribution in [0.2, 0.25) is 5.02 Å². The van der Waals surface area contributed by atoms with Gasteiger partial charge in [0, 0.05) is 11.8 Å². The molecule has 0 saturated heterocycles. The molecule has 34 heavy (non-hydrogen) atoms. The molecule has 0 fully saturated rings. The maximum absolute atomic E-state index is 13.4. The van der Waals surface area contributed by atoms with Gasteiger partial charge in [0.05, 0.1) is 27.7 Å². The fraction of sp³-hybridized carbons (Fsp3) is 0. The summed E-state index contributed by atoms with van der Waals surface area (Å²) in [6.07, 6.45) is 4.46. The molecule has 0 aliphatic rings. The largest absolute Gasteiger partial charge is 0.456 e. The molecule has 0 amide bonds. The van der Waals surface area contributed by atoms with Crippen LogP contribution in [0.1, 0.15) is 10.6 Å². The van der Waals surface area contributed by atoms with Gasteiger partial charge in [-0.3, -0.25) is 0 Å². The van der Waals surface area contributed by atoms with Gasteiger partial charge in [0.25, 0.3) is 0 Å². The van der Waals surface area contributed by atoms with Gasteiger partial charge in [0.15, 0.2) is 0 Å². The molecule has 7 nitrogen and oxygen atoms in total. The van der Waals surface area contributed by atoms with Crippen LogP contribution in [0.25, 0.3) is 10.2 Å². The Labute approximate surface area is 202 Å². The topological polar surface area (TPSA) is 98.8 Å². The summed E-state index contributed by atoms with van der Waals surface area (Å²) in [5, 5.41) is 4.43. The van der Waals surface area contributed by atoms with Gasteiger partial charge in [-0.15, -0.1) is 11.3 Å². The third kappa shape index (κ3) is 4.88. The minimum atomic E-state index is -0.388. The Hall–Kier alpha value is -4.26. The van der Waals surface area contributed by atoms with E-state index < -0.39 is 0 Å². The highest BCUT2D eigenvalue weighted by atomic mass is 35.5. The molecular formula is C24H14ClFN6OS. The first-order chi connectivity index (χ1) is 16.5. The molecule has 0 saturated carbocycles. The first-order valence-corrected chi connectivity index (χ1v) is 11.1. The van der Waals surface area contributed by atoms with Crippen molar-refractivity contribution in [3.05, 3.63) is 88.7 Å². The number of nitrogen functional groups attached to an aromatic ring is 1. The van der Waals surface area contributed by atoms with Crippen molar-refractivity contribution < 1.29 is 9.13 Å². The van der Waals surface area contributed by atoms with Gasteiger partial charge in [0.2, 0.25) is 0 Å². The summed E-state index contributed by atoms with van der Waals surface area (Å²) in [5.74, 6) is 7.36. The van der Waals surface area contributed by atoms with Gasteiger partial charge in [-0.05, 0) is 48.2 Å². The minimum Gasteiger partial charge on any atom is -0.456 e. The fourth-order valence-electron chi connectivity index (χ4n) is 3.00. The molecule has 2 aromatic carbocycles. The highest BCUT2D eigenvalue weighted by Gasteiger charge is 2.10. The molecule has 5 rings (SSSR count). The van der Waals surface area contributed by atoms with Crippen molar-refractivity contribution in [2.24, 2.45) is 0 Å². The third-order valence-electron chi connectivity index (χ3n) is 4.53. The summed E-state index contributed by atoms with van der Waals surface area (Å²) in [6.45, 7) is 0. The summed E-state index contributed by atoms with van der Waals surface area (Å²) < 4.78 is 19.1. The number of thiophene rings is 1. The predicted octanol–water partition coefficient (Wildman–Crippen LogP) is 5.79. The number of hydrogen-bond donors (Lipinski definition) is 2. The number of halogens is 2. The highest BCUT2D eigenvalue weighted by molar-refractivity contribution is 7.19. The van der Waals surface area contributed by atoms with E-state index in [-0.39, 0.29) is 5.82 Å². The first kappa shape index (κ1) is 21.6. The van der Waals surface area contributed by atoms with Crippen LogP contribution >= 0.6 is 22.9 Å². The third-order valence-corrected chi connectivity index (χ3v) is 5.79. The number of nitrogens with two attached hydrogens (primary N) is 1. The van der Waals surface area contributed by atoms with Gasteiger partial charge < -0.3 is 15.8 Å². The average Bonchev–Trinajstić information content (AvgIpc) is 3.25. The summed E-state index contributed by atoms with van der Waals surface area (Å²) in [7, 11) is 0. The van der Waals surface area contributed by atoms with Crippen molar-refractivity contribution in [3.8, 4) is 23.3 Å². The van der Waals surface area contributed by atoms with E-state index in [0.717, 1.165) is 15.1 Å². The van der Waals surface area contributed by atoms with Gasteiger partial charge in [-0.1, -0.05) is 17.7 Å². The lowest BCUT2D eigenvalue weighted by atomic mass is 10.2. The van der Waals surface area contributed by atoms with Crippen LogP contribution in [0.5, 0.6) is 11.5 Å². The maximum atomic E-state index is 13.4. The van der Waals surface area contributed by atoms with E-state index in [1.807, 2.05) is 6.07 Å². The second-order valence-corrected chi connectivity index (χ2v) is 8.40. The SMILES string of the molecule is Nc1cnc(C#Cc2cc3c(Nc4ccc(Oc5cccc(F)c5)c(Cl)c4)ncnc3s2)cn1. The van der Waals surface area contributed by atoms with Gasteiger partial charge >= 0.3 is 0 Å². The van der Waals surface area contributed by atoms with Gasteiger partial charge in [0.1, 0.15) is 45.8 Å². The molecule has 3 aromatic heterocycles. The fourth-order valence-corrected chi connectivity index (χ4v) is 4.07. The number of nitrogens with one attached hydrogen (secondary N) is 1.